The van der Waals surface area contributed by atoms with Crippen molar-refractivity contribution in [3.63, 3.8) is 0 Å². The van der Waals surface area contributed by atoms with E-state index < -0.39 is 22.4 Å². The van der Waals surface area contributed by atoms with Crippen LogP contribution in [0.2, 0.25) is 0 Å². The number of nitrogens with one attached hydrogen (secondary N) is 3. The van der Waals surface area contributed by atoms with Gasteiger partial charge in [-0.15, -0.1) is 0 Å². The third-order valence-electron chi connectivity index (χ3n) is 4.03. The van der Waals surface area contributed by atoms with E-state index in [1.807, 2.05) is 30.3 Å². The number of carbonyl (C=O) groups is 1. The summed E-state index contributed by atoms with van der Waals surface area (Å²) in [6.07, 6.45) is 2.50. The zero-order chi connectivity index (χ0) is 20.6. The van der Waals surface area contributed by atoms with Crippen molar-refractivity contribution in [2.45, 2.75) is 23.6 Å². The summed E-state index contributed by atoms with van der Waals surface area (Å²) in [5.74, 6) is -0.421. The molecule has 1 atom stereocenters. The van der Waals surface area contributed by atoms with E-state index in [2.05, 4.69) is 32.6 Å². The summed E-state index contributed by atoms with van der Waals surface area (Å²) in [7, 11) is 0. The van der Waals surface area contributed by atoms with E-state index in [4.69, 9.17) is 0 Å². The molecule has 8 nitrogen and oxygen atoms in total. The van der Waals surface area contributed by atoms with Gasteiger partial charge in [0.05, 0.1) is 6.21 Å². The minimum atomic E-state index is -0.782. The molecule has 0 saturated carbocycles. The molecule has 0 aliphatic rings. The first-order valence-electron chi connectivity index (χ1n) is 8.89. The molecule has 148 valence electrons. The van der Waals surface area contributed by atoms with Crippen LogP contribution >= 0.6 is 11.8 Å². The van der Waals surface area contributed by atoms with Crippen LogP contribution in [0.5, 0.6) is 0 Å². The van der Waals surface area contributed by atoms with Crippen molar-refractivity contribution < 1.29 is 4.79 Å². The Morgan fingerprint density at radius 3 is 2.55 bits per heavy atom. The van der Waals surface area contributed by atoms with Crippen LogP contribution in [0, 0.1) is 0 Å². The molecule has 1 amide bonds. The van der Waals surface area contributed by atoms with Crippen LogP contribution in [-0.4, -0.2) is 27.3 Å². The van der Waals surface area contributed by atoms with Gasteiger partial charge in [-0.3, -0.25) is 14.6 Å². The minimum absolute atomic E-state index is 0.0206. The second kappa shape index (κ2) is 9.65. The average molecular weight is 409 g/mol. The molecule has 0 aliphatic heterocycles. The molecule has 1 aromatic heterocycles. The SMILES string of the molecule is CCc1ccc(/C=N\NC(=O)C(Sc2n[nH]c(=O)[nH]c2=O)c2ccccc2)cc1. The highest BCUT2D eigenvalue weighted by molar-refractivity contribution is 8.00. The lowest BCUT2D eigenvalue weighted by molar-refractivity contribution is -0.120. The van der Waals surface area contributed by atoms with Gasteiger partial charge in [-0.1, -0.05) is 73.3 Å². The summed E-state index contributed by atoms with van der Waals surface area (Å²) >= 11 is 0.925. The summed E-state index contributed by atoms with van der Waals surface area (Å²) in [5, 5.41) is 9.12. The maximum atomic E-state index is 12.8. The number of carbonyl (C=O) groups excluding carboxylic acids is 1. The number of rotatable bonds is 7. The predicted octanol–water partition coefficient (Wildman–Crippen LogP) is 2.00. The number of hydrogen-bond donors (Lipinski definition) is 3. The molecular formula is C20H19N5O3S. The topological polar surface area (TPSA) is 120 Å². The van der Waals surface area contributed by atoms with Crippen molar-refractivity contribution in [2.75, 3.05) is 0 Å². The lowest BCUT2D eigenvalue weighted by atomic mass is 10.1. The predicted molar refractivity (Wildman–Crippen MR) is 112 cm³/mol. The van der Waals surface area contributed by atoms with Gasteiger partial charge in [0.25, 0.3) is 11.5 Å². The van der Waals surface area contributed by atoms with Gasteiger partial charge in [0.1, 0.15) is 5.25 Å². The average Bonchev–Trinajstić information content (AvgIpc) is 2.74. The van der Waals surface area contributed by atoms with E-state index in [0.717, 1.165) is 23.7 Å². The standard InChI is InChI=1S/C20H19N5O3S/c1-2-13-8-10-14(11-9-13)12-21-23-17(26)16(15-6-4-3-5-7-15)29-19-18(27)22-20(28)25-24-19/h3-12,16H,2H2,1H3,(H,23,26)(H2,22,25,27,28)/b21-12-. The zero-order valence-corrected chi connectivity index (χ0v) is 16.4. The summed E-state index contributed by atoms with van der Waals surface area (Å²) < 4.78 is 0. The normalized spacial score (nSPS) is 12.0. The highest BCUT2D eigenvalue weighted by Gasteiger charge is 2.24. The van der Waals surface area contributed by atoms with Gasteiger partial charge in [-0.25, -0.2) is 15.3 Å². The Bertz CT molecular complexity index is 1110. The van der Waals surface area contributed by atoms with Gasteiger partial charge in [-0.05, 0) is 23.1 Å². The number of aryl methyl sites for hydroxylation is 1. The fourth-order valence-corrected chi connectivity index (χ4v) is 3.43. The number of nitrogens with zero attached hydrogens (tertiary/aromatic N) is 2. The van der Waals surface area contributed by atoms with Crippen LogP contribution in [-0.2, 0) is 11.2 Å². The van der Waals surface area contributed by atoms with Gasteiger partial charge in [-0.2, -0.15) is 10.2 Å². The van der Waals surface area contributed by atoms with Crippen molar-refractivity contribution in [2.24, 2.45) is 5.10 Å². The highest BCUT2D eigenvalue weighted by atomic mass is 32.2. The van der Waals surface area contributed by atoms with E-state index >= 15 is 0 Å². The first kappa shape index (κ1) is 20.3. The molecule has 3 rings (SSSR count). The zero-order valence-electron chi connectivity index (χ0n) is 15.6. The number of amides is 1. The monoisotopic (exact) mass is 409 g/mol. The molecule has 1 unspecified atom stereocenters. The molecule has 29 heavy (non-hydrogen) atoms. The first-order chi connectivity index (χ1) is 14.1. The Hall–Kier alpha value is -3.46. The van der Waals surface area contributed by atoms with Gasteiger partial charge in [0.2, 0.25) is 0 Å². The Morgan fingerprint density at radius 1 is 1.17 bits per heavy atom. The summed E-state index contributed by atoms with van der Waals surface area (Å²) in [5.41, 5.74) is 3.87. The first-order valence-corrected chi connectivity index (χ1v) is 9.77. The van der Waals surface area contributed by atoms with Gasteiger partial charge >= 0.3 is 5.69 Å². The van der Waals surface area contributed by atoms with Crippen molar-refractivity contribution in [1.29, 1.82) is 0 Å². The third kappa shape index (κ3) is 5.52. The van der Waals surface area contributed by atoms with Crippen molar-refractivity contribution >= 4 is 23.9 Å². The van der Waals surface area contributed by atoms with E-state index in [1.54, 1.807) is 30.5 Å². The summed E-state index contributed by atoms with van der Waals surface area (Å²) in [6, 6.07) is 16.8. The highest BCUT2D eigenvalue weighted by Crippen LogP contribution is 2.32. The molecule has 9 heteroatoms. The molecule has 2 aromatic carbocycles. The minimum Gasteiger partial charge on any atom is -0.271 e. The van der Waals surface area contributed by atoms with Crippen molar-refractivity contribution in [3.8, 4) is 0 Å². The number of H-pyrrole nitrogens is 2. The number of aromatic nitrogens is 3. The number of thioether (sulfide) groups is 1. The van der Waals surface area contributed by atoms with Crippen LogP contribution in [0.25, 0.3) is 0 Å². The van der Waals surface area contributed by atoms with E-state index in [1.165, 1.54) is 5.56 Å². The quantitative estimate of drug-likeness (QED) is 0.313. The molecule has 0 spiro atoms. The van der Waals surface area contributed by atoms with Gasteiger partial charge < -0.3 is 0 Å². The number of hydrazone groups is 1. The van der Waals surface area contributed by atoms with E-state index in [9.17, 15) is 14.4 Å². The second-order valence-corrected chi connectivity index (χ2v) is 7.14. The Morgan fingerprint density at radius 2 is 1.90 bits per heavy atom. The molecule has 1 heterocycles. The molecular weight excluding hydrogens is 390 g/mol. The molecule has 3 aromatic rings. The molecule has 0 saturated heterocycles. The summed E-state index contributed by atoms with van der Waals surface area (Å²) in [4.78, 5) is 38.0. The van der Waals surface area contributed by atoms with Crippen molar-refractivity contribution in [1.82, 2.24) is 20.6 Å². The van der Waals surface area contributed by atoms with Crippen LogP contribution in [0.1, 0.15) is 28.9 Å². The summed E-state index contributed by atoms with van der Waals surface area (Å²) in [6.45, 7) is 2.08. The largest absolute Gasteiger partial charge is 0.342 e. The fraction of sp³-hybridized carbons (Fsp3) is 0.150. The van der Waals surface area contributed by atoms with Crippen LogP contribution < -0.4 is 16.7 Å². The van der Waals surface area contributed by atoms with Gasteiger partial charge in [0, 0.05) is 0 Å². The van der Waals surface area contributed by atoms with Crippen molar-refractivity contribution in [3.05, 3.63) is 92.1 Å². The molecule has 0 fully saturated rings. The maximum absolute atomic E-state index is 12.8. The van der Waals surface area contributed by atoms with Crippen LogP contribution in [0.15, 0.2) is 74.3 Å². The van der Waals surface area contributed by atoms with Crippen LogP contribution in [0.3, 0.4) is 0 Å². The lowest BCUT2D eigenvalue weighted by Crippen LogP contribution is -2.28. The smallest absolute Gasteiger partial charge is 0.271 e. The lowest BCUT2D eigenvalue weighted by Gasteiger charge is -2.14. The maximum Gasteiger partial charge on any atom is 0.342 e. The van der Waals surface area contributed by atoms with E-state index in [0.29, 0.717) is 5.56 Å². The molecule has 3 N–H and O–H groups in total. The molecule has 0 radical (unpaired) electrons. The van der Waals surface area contributed by atoms with E-state index in [-0.39, 0.29) is 5.03 Å². The number of hydrogen-bond acceptors (Lipinski definition) is 6. The Balaban J connectivity index is 1.78. The van der Waals surface area contributed by atoms with Crippen LogP contribution in [0.4, 0.5) is 0 Å². The fourth-order valence-electron chi connectivity index (χ4n) is 2.50. The molecule has 0 bridgehead atoms. The third-order valence-corrected chi connectivity index (χ3v) is 5.25. The number of aromatic amines is 2. The molecule has 0 aliphatic carbocycles. The van der Waals surface area contributed by atoms with Gasteiger partial charge in [0.15, 0.2) is 5.03 Å². The Labute approximate surface area is 170 Å². The second-order valence-electron chi connectivity index (χ2n) is 6.05. The Kier molecular flexibility index (Phi) is 6.75. The number of benzene rings is 2.